The molecule has 3 aromatic rings. The van der Waals surface area contributed by atoms with E-state index in [9.17, 15) is 33.7 Å². The van der Waals surface area contributed by atoms with Crippen molar-refractivity contribution in [2.45, 2.75) is 89.6 Å². The SMILES string of the molecule is CN[C@@H](C)C(=O)N[C@H](C(=O)N1CCC[C@H]1Cc1c(-c2ccc(F)cc2)n(C2OC[C@@H](O)[C@H](O)[C@H]2O)c2cc(F)ccc12)C(C)(C)C. The third-order valence-corrected chi connectivity index (χ3v) is 9.24. The topological polar surface area (TPSA) is 136 Å². The lowest BCUT2D eigenvalue weighted by molar-refractivity contribution is -0.209. The number of rotatable bonds is 8. The largest absolute Gasteiger partial charge is 0.388 e. The Bertz CT molecular complexity index is 1570. The molecule has 2 amide bonds. The molecular formula is C34H44F2N4O6. The maximum atomic E-state index is 14.8. The summed E-state index contributed by atoms with van der Waals surface area (Å²) in [5.74, 6) is -1.48. The fraction of sp³-hybridized carbons (Fsp3) is 0.529. The minimum atomic E-state index is -1.56. The molecule has 0 spiro atoms. The molecule has 10 nitrogen and oxygen atoms in total. The van der Waals surface area contributed by atoms with E-state index in [1.165, 1.54) is 24.3 Å². The molecule has 0 radical (unpaired) electrons. The molecule has 2 fully saturated rings. The van der Waals surface area contributed by atoms with Gasteiger partial charge in [-0.25, -0.2) is 8.78 Å². The molecule has 5 rings (SSSR count). The maximum absolute atomic E-state index is 14.8. The highest BCUT2D eigenvalue weighted by Gasteiger charge is 2.43. The minimum absolute atomic E-state index is 0.201. The summed E-state index contributed by atoms with van der Waals surface area (Å²) in [6.07, 6.45) is -3.85. The van der Waals surface area contributed by atoms with Crippen molar-refractivity contribution in [2.75, 3.05) is 20.2 Å². The van der Waals surface area contributed by atoms with Gasteiger partial charge in [-0.15, -0.1) is 0 Å². The zero-order chi connectivity index (χ0) is 33.5. The second-order valence-electron chi connectivity index (χ2n) is 13.5. The predicted molar refractivity (Wildman–Crippen MR) is 169 cm³/mol. The Balaban J connectivity index is 1.61. The van der Waals surface area contributed by atoms with Crippen LogP contribution in [0.1, 0.15) is 52.3 Å². The van der Waals surface area contributed by atoms with E-state index < -0.39 is 53.7 Å². The van der Waals surface area contributed by atoms with Gasteiger partial charge in [-0.05, 0) is 92.2 Å². The summed E-state index contributed by atoms with van der Waals surface area (Å²) in [5.41, 5.74) is 1.58. The van der Waals surface area contributed by atoms with Crippen LogP contribution in [0.15, 0.2) is 42.5 Å². The van der Waals surface area contributed by atoms with Crippen LogP contribution in [0, 0.1) is 17.0 Å². The van der Waals surface area contributed by atoms with Gasteiger partial charge in [0.15, 0.2) is 6.23 Å². The number of aliphatic hydroxyl groups is 3. The molecule has 1 aromatic heterocycles. The molecule has 7 atom stereocenters. The molecule has 250 valence electrons. The van der Waals surface area contributed by atoms with E-state index >= 15 is 0 Å². The number of aliphatic hydroxyl groups excluding tert-OH is 3. The number of carbonyl (C=O) groups excluding carboxylic acids is 2. The van der Waals surface area contributed by atoms with Crippen molar-refractivity contribution < 1.29 is 38.4 Å². The van der Waals surface area contributed by atoms with Crippen molar-refractivity contribution in [3.8, 4) is 11.3 Å². The quantitative estimate of drug-likeness (QED) is 0.255. The van der Waals surface area contributed by atoms with Crippen LogP contribution in [0.3, 0.4) is 0 Å². The lowest BCUT2D eigenvalue weighted by Crippen LogP contribution is -2.58. The van der Waals surface area contributed by atoms with Crippen molar-refractivity contribution in [1.82, 2.24) is 20.1 Å². The van der Waals surface area contributed by atoms with Gasteiger partial charge in [-0.2, -0.15) is 0 Å². The van der Waals surface area contributed by atoms with Crippen LogP contribution < -0.4 is 10.6 Å². The number of likely N-dealkylation sites (N-methyl/N-ethyl adjacent to an activating group) is 1. The van der Waals surface area contributed by atoms with Crippen LogP contribution in [0.4, 0.5) is 8.78 Å². The van der Waals surface area contributed by atoms with Gasteiger partial charge in [-0.1, -0.05) is 20.8 Å². The fourth-order valence-corrected chi connectivity index (χ4v) is 6.55. The zero-order valence-electron chi connectivity index (χ0n) is 26.8. The van der Waals surface area contributed by atoms with Crippen LogP contribution in [0.25, 0.3) is 22.2 Å². The third kappa shape index (κ3) is 6.54. The number of benzene rings is 2. The molecule has 2 aliphatic rings. The predicted octanol–water partition coefficient (Wildman–Crippen LogP) is 2.87. The first-order valence-corrected chi connectivity index (χ1v) is 15.7. The van der Waals surface area contributed by atoms with Crippen molar-refractivity contribution >= 4 is 22.7 Å². The number of carbonyl (C=O) groups is 2. The lowest BCUT2D eigenvalue weighted by Gasteiger charge is -2.37. The summed E-state index contributed by atoms with van der Waals surface area (Å²) < 4.78 is 36.4. The Kier molecular flexibility index (Phi) is 9.86. The summed E-state index contributed by atoms with van der Waals surface area (Å²) in [4.78, 5) is 28.9. The second-order valence-corrected chi connectivity index (χ2v) is 13.5. The number of likely N-dealkylation sites (tertiary alicyclic amines) is 1. The average molecular weight is 643 g/mol. The number of ether oxygens (including phenoxy) is 1. The first-order chi connectivity index (χ1) is 21.7. The summed E-state index contributed by atoms with van der Waals surface area (Å²) >= 11 is 0. The van der Waals surface area contributed by atoms with Gasteiger partial charge in [-0.3, -0.25) is 9.59 Å². The van der Waals surface area contributed by atoms with Gasteiger partial charge in [0.25, 0.3) is 0 Å². The van der Waals surface area contributed by atoms with Gasteiger partial charge in [0, 0.05) is 18.0 Å². The van der Waals surface area contributed by atoms with Crippen molar-refractivity contribution in [3.63, 3.8) is 0 Å². The Morgan fingerprint density at radius 3 is 2.37 bits per heavy atom. The molecule has 5 N–H and O–H groups in total. The summed E-state index contributed by atoms with van der Waals surface area (Å²) in [6.45, 7) is 7.65. The van der Waals surface area contributed by atoms with E-state index in [-0.39, 0.29) is 24.5 Å². The highest BCUT2D eigenvalue weighted by Crippen LogP contribution is 2.41. The van der Waals surface area contributed by atoms with Crippen molar-refractivity contribution in [2.24, 2.45) is 5.41 Å². The van der Waals surface area contributed by atoms with Crippen LogP contribution in [-0.4, -0.2) is 93.2 Å². The molecule has 3 heterocycles. The first-order valence-electron chi connectivity index (χ1n) is 15.7. The van der Waals surface area contributed by atoms with E-state index in [0.29, 0.717) is 41.5 Å². The monoisotopic (exact) mass is 642 g/mol. The van der Waals surface area contributed by atoms with E-state index in [0.717, 1.165) is 12.0 Å². The Morgan fingerprint density at radius 1 is 1.04 bits per heavy atom. The van der Waals surface area contributed by atoms with Gasteiger partial charge in [0.05, 0.1) is 23.9 Å². The molecule has 1 unspecified atom stereocenters. The van der Waals surface area contributed by atoms with E-state index in [1.807, 2.05) is 20.8 Å². The number of nitrogens with one attached hydrogen (secondary N) is 2. The highest BCUT2D eigenvalue weighted by atomic mass is 19.1. The first kappa shape index (κ1) is 33.9. The molecule has 2 saturated heterocycles. The number of fused-ring (bicyclic) bond motifs is 1. The number of hydrogen-bond donors (Lipinski definition) is 5. The normalized spacial score (nSPS) is 25.1. The molecule has 46 heavy (non-hydrogen) atoms. The molecule has 0 bridgehead atoms. The minimum Gasteiger partial charge on any atom is -0.388 e. The standard InChI is InChI=1S/C34H44F2N4O6/c1-18(37-5)31(44)38-30(34(2,3)4)32(45)39-14-6-7-22(39)16-24-23-13-12-21(36)15-25(23)40(27(24)19-8-10-20(35)11-9-19)33-29(43)28(42)26(41)17-46-33/h8-13,15,18,22,26,28-30,33,37,41-43H,6-7,14,16-17H2,1-5H3,(H,38,44)/t18-,22-,26+,28-,29+,30+,33?/m0/s1. The second kappa shape index (κ2) is 13.4. The summed E-state index contributed by atoms with van der Waals surface area (Å²) in [7, 11) is 1.68. The van der Waals surface area contributed by atoms with Crippen LogP contribution >= 0.6 is 0 Å². The van der Waals surface area contributed by atoms with Gasteiger partial charge < -0.3 is 40.2 Å². The van der Waals surface area contributed by atoms with Crippen molar-refractivity contribution in [1.29, 1.82) is 0 Å². The van der Waals surface area contributed by atoms with E-state index in [2.05, 4.69) is 10.6 Å². The van der Waals surface area contributed by atoms with Gasteiger partial charge in [0.2, 0.25) is 11.8 Å². The van der Waals surface area contributed by atoms with Crippen molar-refractivity contribution in [3.05, 3.63) is 59.7 Å². The molecule has 2 aromatic carbocycles. The third-order valence-electron chi connectivity index (χ3n) is 9.24. The molecule has 2 aliphatic heterocycles. The van der Waals surface area contributed by atoms with Gasteiger partial charge in [0.1, 0.15) is 36.0 Å². The lowest BCUT2D eigenvalue weighted by atomic mass is 9.85. The van der Waals surface area contributed by atoms with E-state index in [1.54, 1.807) is 41.6 Å². The Labute approximate surface area is 267 Å². The number of aromatic nitrogens is 1. The van der Waals surface area contributed by atoms with Crippen LogP contribution in [0.2, 0.25) is 0 Å². The number of halogens is 2. The number of hydrogen-bond acceptors (Lipinski definition) is 7. The van der Waals surface area contributed by atoms with Crippen LogP contribution in [0.5, 0.6) is 0 Å². The van der Waals surface area contributed by atoms with Gasteiger partial charge >= 0.3 is 0 Å². The smallest absolute Gasteiger partial charge is 0.245 e. The molecular weight excluding hydrogens is 598 g/mol. The van der Waals surface area contributed by atoms with Crippen LogP contribution in [-0.2, 0) is 20.7 Å². The average Bonchev–Trinajstić information content (AvgIpc) is 3.60. The maximum Gasteiger partial charge on any atom is 0.245 e. The summed E-state index contributed by atoms with van der Waals surface area (Å²) in [5, 5.41) is 38.3. The fourth-order valence-electron chi connectivity index (χ4n) is 6.55. The number of nitrogens with zero attached hydrogens (tertiary/aromatic N) is 2. The zero-order valence-corrected chi connectivity index (χ0v) is 26.8. The number of amides is 2. The molecule has 12 heteroatoms. The molecule has 0 aliphatic carbocycles. The molecule has 0 saturated carbocycles. The summed E-state index contributed by atoms with van der Waals surface area (Å²) in [6, 6.07) is 8.44. The Morgan fingerprint density at radius 2 is 1.72 bits per heavy atom. The van der Waals surface area contributed by atoms with E-state index in [4.69, 9.17) is 4.74 Å². The highest BCUT2D eigenvalue weighted by molar-refractivity contribution is 5.93. The Hall–Kier alpha value is -3.42.